The number of oxime groups is 1. The van der Waals surface area contributed by atoms with Crippen molar-refractivity contribution in [3.63, 3.8) is 0 Å². The summed E-state index contributed by atoms with van der Waals surface area (Å²) in [6, 6.07) is 0.0787. The lowest BCUT2D eigenvalue weighted by Crippen LogP contribution is -2.44. The Hall–Kier alpha value is -0.770. The molecular formula is C9H21N3O. The molecule has 1 atom stereocenters. The van der Waals surface area contributed by atoms with E-state index in [1.54, 1.807) is 0 Å². The van der Waals surface area contributed by atoms with Gasteiger partial charge in [-0.15, -0.1) is 0 Å². The molecule has 0 spiro atoms. The molecule has 0 aromatic rings. The fraction of sp³-hybridized carbons (Fsp3) is 0.889. The largest absolute Gasteiger partial charge is 0.409 e. The highest BCUT2D eigenvalue weighted by Gasteiger charge is 2.18. The third-order valence-electron chi connectivity index (χ3n) is 2.20. The minimum absolute atomic E-state index is 0.0787. The van der Waals surface area contributed by atoms with Crippen molar-refractivity contribution in [1.82, 2.24) is 4.90 Å². The normalized spacial score (nSPS) is 14.9. The highest BCUT2D eigenvalue weighted by atomic mass is 16.4. The Morgan fingerprint density at radius 2 is 2.08 bits per heavy atom. The van der Waals surface area contributed by atoms with E-state index in [4.69, 9.17) is 10.9 Å². The van der Waals surface area contributed by atoms with E-state index in [1.165, 1.54) is 0 Å². The monoisotopic (exact) mass is 187 g/mol. The van der Waals surface area contributed by atoms with Crippen molar-refractivity contribution in [2.45, 2.75) is 39.7 Å². The van der Waals surface area contributed by atoms with Crippen LogP contribution in [0.25, 0.3) is 0 Å². The van der Waals surface area contributed by atoms with Gasteiger partial charge in [0.1, 0.15) is 0 Å². The van der Waals surface area contributed by atoms with Gasteiger partial charge in [-0.05, 0) is 25.9 Å². The van der Waals surface area contributed by atoms with Crippen LogP contribution >= 0.6 is 0 Å². The minimum atomic E-state index is 0.0787. The molecule has 0 aliphatic carbocycles. The molecule has 4 heteroatoms. The van der Waals surface area contributed by atoms with Crippen molar-refractivity contribution in [2.75, 3.05) is 13.1 Å². The molecule has 4 nitrogen and oxygen atoms in total. The van der Waals surface area contributed by atoms with Crippen LogP contribution in [0.2, 0.25) is 0 Å². The molecule has 0 aliphatic rings. The fourth-order valence-electron chi connectivity index (χ4n) is 1.54. The van der Waals surface area contributed by atoms with Crippen LogP contribution in [0.5, 0.6) is 0 Å². The molecule has 0 rings (SSSR count). The number of likely N-dealkylation sites (N-methyl/N-ethyl adjacent to an activating group) is 1. The average Bonchev–Trinajstić information content (AvgIpc) is 2.17. The first-order valence-corrected chi connectivity index (χ1v) is 4.92. The smallest absolute Gasteiger partial charge is 0.156 e. The van der Waals surface area contributed by atoms with Gasteiger partial charge in [0.25, 0.3) is 0 Å². The average molecular weight is 187 g/mol. The number of hydrogen-bond donors (Lipinski definition) is 2. The van der Waals surface area contributed by atoms with Crippen molar-refractivity contribution in [3.05, 3.63) is 0 Å². The molecule has 0 aromatic carbocycles. The predicted octanol–water partition coefficient (Wildman–Crippen LogP) is 1.24. The van der Waals surface area contributed by atoms with Crippen molar-refractivity contribution in [2.24, 2.45) is 10.9 Å². The highest BCUT2D eigenvalue weighted by molar-refractivity contribution is 5.85. The number of nitrogens with zero attached hydrogens (tertiary/aromatic N) is 2. The van der Waals surface area contributed by atoms with E-state index in [0.29, 0.717) is 5.84 Å². The number of nitrogens with two attached hydrogens (primary N) is 1. The summed E-state index contributed by atoms with van der Waals surface area (Å²) in [5, 5.41) is 11.6. The molecule has 0 amide bonds. The first-order chi connectivity index (χ1) is 6.21. The number of hydrogen-bond acceptors (Lipinski definition) is 3. The molecule has 0 heterocycles. The zero-order chi connectivity index (χ0) is 10.3. The molecule has 0 aromatic heterocycles. The maximum Gasteiger partial charge on any atom is 0.156 e. The van der Waals surface area contributed by atoms with E-state index in [9.17, 15) is 0 Å². The molecule has 78 valence electrons. The molecule has 3 N–H and O–H groups in total. The molecular weight excluding hydrogens is 166 g/mol. The summed E-state index contributed by atoms with van der Waals surface area (Å²) >= 11 is 0. The van der Waals surface area contributed by atoms with E-state index < -0.39 is 0 Å². The maximum absolute atomic E-state index is 8.59. The van der Waals surface area contributed by atoms with Gasteiger partial charge in [-0.1, -0.05) is 25.9 Å². The van der Waals surface area contributed by atoms with Gasteiger partial charge < -0.3 is 10.9 Å². The lowest BCUT2D eigenvalue weighted by atomic mass is 10.1. The van der Waals surface area contributed by atoms with Gasteiger partial charge in [-0.2, -0.15) is 0 Å². The van der Waals surface area contributed by atoms with Crippen LogP contribution < -0.4 is 5.73 Å². The molecule has 0 saturated heterocycles. The molecule has 13 heavy (non-hydrogen) atoms. The Morgan fingerprint density at radius 3 is 2.38 bits per heavy atom. The summed E-state index contributed by atoms with van der Waals surface area (Å²) in [7, 11) is 0. The second-order valence-electron chi connectivity index (χ2n) is 3.08. The van der Waals surface area contributed by atoms with Crippen molar-refractivity contribution in [3.8, 4) is 0 Å². The van der Waals surface area contributed by atoms with Crippen molar-refractivity contribution < 1.29 is 5.21 Å². The Kier molecular flexibility index (Phi) is 6.32. The number of rotatable bonds is 6. The van der Waals surface area contributed by atoms with Crippen molar-refractivity contribution in [1.29, 1.82) is 0 Å². The summed E-state index contributed by atoms with van der Waals surface area (Å²) in [6.07, 6.45) is 1.97. The Morgan fingerprint density at radius 1 is 1.46 bits per heavy atom. The summed E-state index contributed by atoms with van der Waals surface area (Å²) in [5.74, 6) is 0.317. The van der Waals surface area contributed by atoms with E-state index in [1.807, 2.05) is 6.92 Å². The Bertz CT molecular complexity index is 159. The van der Waals surface area contributed by atoms with E-state index in [0.717, 1.165) is 25.9 Å². The zero-order valence-corrected chi connectivity index (χ0v) is 8.82. The summed E-state index contributed by atoms with van der Waals surface area (Å²) in [5.41, 5.74) is 5.59. The zero-order valence-electron chi connectivity index (χ0n) is 8.82. The van der Waals surface area contributed by atoms with Crippen LogP contribution in [0.4, 0.5) is 0 Å². The van der Waals surface area contributed by atoms with Crippen LogP contribution in [0.1, 0.15) is 33.6 Å². The summed E-state index contributed by atoms with van der Waals surface area (Å²) < 4.78 is 0. The first kappa shape index (κ1) is 12.2. The molecule has 0 bridgehead atoms. The maximum atomic E-state index is 8.59. The van der Waals surface area contributed by atoms with Gasteiger partial charge in [-0.25, -0.2) is 0 Å². The van der Waals surface area contributed by atoms with E-state index in [2.05, 4.69) is 23.9 Å². The second-order valence-corrected chi connectivity index (χ2v) is 3.08. The van der Waals surface area contributed by atoms with E-state index in [-0.39, 0.29) is 6.04 Å². The van der Waals surface area contributed by atoms with Crippen LogP contribution in [-0.4, -0.2) is 35.1 Å². The lowest BCUT2D eigenvalue weighted by molar-refractivity contribution is 0.239. The highest BCUT2D eigenvalue weighted by Crippen LogP contribution is 2.04. The van der Waals surface area contributed by atoms with Gasteiger partial charge in [0.15, 0.2) is 5.84 Å². The van der Waals surface area contributed by atoms with E-state index >= 15 is 0 Å². The number of amidine groups is 1. The quantitative estimate of drug-likeness (QED) is 0.285. The topological polar surface area (TPSA) is 61.8 Å². The molecule has 0 saturated carbocycles. The first-order valence-electron chi connectivity index (χ1n) is 4.92. The van der Waals surface area contributed by atoms with Gasteiger partial charge in [0.05, 0.1) is 6.04 Å². The minimum Gasteiger partial charge on any atom is -0.409 e. The summed E-state index contributed by atoms with van der Waals surface area (Å²) in [6.45, 7) is 8.18. The van der Waals surface area contributed by atoms with Gasteiger partial charge >= 0.3 is 0 Å². The van der Waals surface area contributed by atoms with Crippen LogP contribution in [0.15, 0.2) is 5.16 Å². The second kappa shape index (κ2) is 6.71. The van der Waals surface area contributed by atoms with Gasteiger partial charge in [-0.3, -0.25) is 4.90 Å². The third-order valence-corrected chi connectivity index (χ3v) is 2.20. The third kappa shape index (κ3) is 3.63. The molecule has 0 radical (unpaired) electrons. The standard InChI is InChI=1S/C9H21N3O/c1-4-7-12(6-3)8(5-2)9(10)11-13/h8,13H,4-7H2,1-3H3,(H2,10,11). The van der Waals surface area contributed by atoms with Gasteiger partial charge in [0, 0.05) is 0 Å². The fourth-order valence-corrected chi connectivity index (χ4v) is 1.54. The van der Waals surface area contributed by atoms with Crippen LogP contribution in [0, 0.1) is 0 Å². The molecule has 0 aliphatic heterocycles. The van der Waals surface area contributed by atoms with Crippen LogP contribution in [-0.2, 0) is 0 Å². The predicted molar refractivity (Wildman–Crippen MR) is 55.0 cm³/mol. The Balaban J connectivity index is 4.33. The molecule has 1 unspecified atom stereocenters. The Labute approximate surface area is 80.4 Å². The van der Waals surface area contributed by atoms with Crippen LogP contribution in [0.3, 0.4) is 0 Å². The SMILES string of the molecule is CCCN(CC)C(CC)C(N)=NO. The molecule has 0 fully saturated rings. The van der Waals surface area contributed by atoms with Gasteiger partial charge in [0.2, 0.25) is 0 Å². The summed E-state index contributed by atoms with van der Waals surface area (Å²) in [4.78, 5) is 2.22. The van der Waals surface area contributed by atoms with Crippen molar-refractivity contribution >= 4 is 5.84 Å². The lowest BCUT2D eigenvalue weighted by Gasteiger charge is -2.28.